The van der Waals surface area contributed by atoms with Gasteiger partial charge in [0, 0.05) is 0 Å². The zero-order valence-corrected chi connectivity index (χ0v) is 17.0. The molecule has 0 N–H and O–H groups in total. The van der Waals surface area contributed by atoms with E-state index in [-0.39, 0.29) is 0 Å². The monoisotopic (exact) mass is 334 g/mol. The van der Waals surface area contributed by atoms with Gasteiger partial charge in [-0.3, -0.25) is 0 Å². The van der Waals surface area contributed by atoms with Crippen molar-refractivity contribution in [1.82, 2.24) is 0 Å². The van der Waals surface area contributed by atoms with Gasteiger partial charge in [0.25, 0.3) is 0 Å². The van der Waals surface area contributed by atoms with E-state index in [0.29, 0.717) is 0 Å². The number of hydrogen-bond donors (Lipinski definition) is 0. The van der Waals surface area contributed by atoms with E-state index >= 15 is 0 Å². The first-order valence-electron chi connectivity index (χ1n) is 11.8. The molecule has 0 saturated heterocycles. The molecule has 0 amide bonds. The lowest BCUT2D eigenvalue weighted by molar-refractivity contribution is 0.132. The van der Waals surface area contributed by atoms with E-state index in [1.54, 1.807) is 57.8 Å². The van der Waals surface area contributed by atoms with E-state index in [0.717, 1.165) is 23.7 Å². The summed E-state index contributed by atoms with van der Waals surface area (Å²) in [5.74, 6) is 4.39. The lowest BCUT2D eigenvalue weighted by Gasteiger charge is -2.38. The third kappa shape index (κ3) is 7.49. The molecule has 0 spiro atoms. The van der Waals surface area contributed by atoms with Crippen LogP contribution in [0.15, 0.2) is 0 Å². The maximum absolute atomic E-state index is 2.33. The third-order valence-electron chi connectivity index (χ3n) is 7.31. The van der Waals surface area contributed by atoms with E-state index < -0.39 is 0 Å². The molecule has 2 unspecified atom stereocenters. The second-order valence-electron chi connectivity index (χ2n) is 9.27. The molecule has 2 aliphatic carbocycles. The minimum absolute atomic E-state index is 1.09. The summed E-state index contributed by atoms with van der Waals surface area (Å²) < 4.78 is 0. The number of hydrogen-bond acceptors (Lipinski definition) is 0. The molecule has 0 aromatic carbocycles. The number of unbranched alkanes of at least 4 members (excludes halogenated alkanes) is 6. The zero-order chi connectivity index (χ0) is 17.0. The van der Waals surface area contributed by atoms with Gasteiger partial charge in [0.2, 0.25) is 0 Å². The van der Waals surface area contributed by atoms with E-state index in [9.17, 15) is 0 Å². The SMILES string of the molecule is CCCCCCCC1CCCC(C2CCC(CCCCC)CC2)C1. The molecular weight excluding hydrogens is 288 g/mol. The van der Waals surface area contributed by atoms with Crippen molar-refractivity contribution in [2.75, 3.05) is 0 Å². The van der Waals surface area contributed by atoms with Crippen LogP contribution < -0.4 is 0 Å². The molecule has 0 heteroatoms. The summed E-state index contributed by atoms with van der Waals surface area (Å²) >= 11 is 0. The maximum atomic E-state index is 2.33. The van der Waals surface area contributed by atoms with Crippen LogP contribution in [0.1, 0.15) is 129 Å². The van der Waals surface area contributed by atoms with Gasteiger partial charge in [0.15, 0.2) is 0 Å². The lowest BCUT2D eigenvalue weighted by Crippen LogP contribution is -2.26. The first kappa shape index (κ1) is 20.3. The molecule has 142 valence electrons. The molecule has 0 nitrogen and oxygen atoms in total. The van der Waals surface area contributed by atoms with Gasteiger partial charge in [-0.15, -0.1) is 0 Å². The third-order valence-corrected chi connectivity index (χ3v) is 7.31. The molecule has 2 saturated carbocycles. The average molecular weight is 335 g/mol. The molecular formula is C24H46. The molecule has 0 aromatic rings. The van der Waals surface area contributed by atoms with Crippen molar-refractivity contribution < 1.29 is 0 Å². The van der Waals surface area contributed by atoms with Gasteiger partial charge in [0.05, 0.1) is 0 Å². The molecule has 2 rings (SSSR count). The van der Waals surface area contributed by atoms with Crippen molar-refractivity contribution in [1.29, 1.82) is 0 Å². The Hall–Kier alpha value is 0. The standard InChI is InChI=1S/C24H46/c1-3-5-7-8-10-13-22-14-11-15-24(20-22)23-18-16-21(17-19-23)12-9-6-4-2/h21-24H,3-20H2,1-2H3. The molecule has 2 aliphatic rings. The first-order valence-corrected chi connectivity index (χ1v) is 11.8. The van der Waals surface area contributed by atoms with Crippen molar-refractivity contribution in [2.24, 2.45) is 23.7 Å². The van der Waals surface area contributed by atoms with Gasteiger partial charge in [-0.05, 0) is 42.9 Å². The summed E-state index contributed by atoms with van der Waals surface area (Å²) in [5, 5.41) is 0. The highest BCUT2D eigenvalue weighted by molar-refractivity contribution is 4.82. The number of rotatable bonds is 11. The second kappa shape index (κ2) is 12.4. The Morgan fingerprint density at radius 1 is 0.542 bits per heavy atom. The molecule has 0 heterocycles. The van der Waals surface area contributed by atoms with Gasteiger partial charge in [-0.2, -0.15) is 0 Å². The van der Waals surface area contributed by atoms with Crippen LogP contribution in [0.4, 0.5) is 0 Å². The summed E-state index contributed by atoms with van der Waals surface area (Å²) in [4.78, 5) is 0. The normalized spacial score (nSPS) is 31.2. The Morgan fingerprint density at radius 3 is 1.92 bits per heavy atom. The van der Waals surface area contributed by atoms with Crippen LogP contribution in [0.2, 0.25) is 0 Å². The van der Waals surface area contributed by atoms with Gasteiger partial charge >= 0.3 is 0 Å². The van der Waals surface area contributed by atoms with Gasteiger partial charge in [-0.1, -0.05) is 110 Å². The minimum Gasteiger partial charge on any atom is -0.0654 e. The average Bonchev–Trinajstić information content (AvgIpc) is 2.63. The second-order valence-corrected chi connectivity index (χ2v) is 9.27. The molecule has 0 radical (unpaired) electrons. The Balaban J connectivity index is 1.60. The summed E-state index contributed by atoms with van der Waals surface area (Å²) in [6.07, 6.45) is 27.3. The summed E-state index contributed by atoms with van der Waals surface area (Å²) in [6.45, 7) is 4.66. The topological polar surface area (TPSA) is 0 Å². The van der Waals surface area contributed by atoms with Crippen molar-refractivity contribution >= 4 is 0 Å². The predicted molar refractivity (Wildman–Crippen MR) is 108 cm³/mol. The fraction of sp³-hybridized carbons (Fsp3) is 1.00. The van der Waals surface area contributed by atoms with E-state index in [2.05, 4.69) is 13.8 Å². The van der Waals surface area contributed by atoms with E-state index in [1.165, 1.54) is 57.8 Å². The molecule has 2 atom stereocenters. The Labute approximate surface area is 153 Å². The van der Waals surface area contributed by atoms with Crippen LogP contribution in [-0.2, 0) is 0 Å². The molecule has 2 fully saturated rings. The minimum atomic E-state index is 1.09. The molecule has 24 heavy (non-hydrogen) atoms. The van der Waals surface area contributed by atoms with Crippen molar-refractivity contribution in [3.63, 3.8) is 0 Å². The maximum Gasteiger partial charge on any atom is -0.0383 e. The molecule has 0 aliphatic heterocycles. The lowest BCUT2D eigenvalue weighted by atomic mass is 9.67. The van der Waals surface area contributed by atoms with Crippen LogP contribution in [-0.4, -0.2) is 0 Å². The van der Waals surface area contributed by atoms with Gasteiger partial charge < -0.3 is 0 Å². The smallest absolute Gasteiger partial charge is 0.0383 e. The fourth-order valence-corrected chi connectivity index (χ4v) is 5.69. The fourth-order valence-electron chi connectivity index (χ4n) is 5.69. The predicted octanol–water partition coefficient (Wildman–Crippen LogP) is 8.54. The quantitative estimate of drug-likeness (QED) is 0.332. The highest BCUT2D eigenvalue weighted by atomic mass is 14.4. The van der Waals surface area contributed by atoms with Crippen LogP contribution in [0, 0.1) is 23.7 Å². The molecule has 0 aromatic heterocycles. The van der Waals surface area contributed by atoms with Crippen molar-refractivity contribution in [2.45, 2.75) is 129 Å². The largest absolute Gasteiger partial charge is 0.0654 e. The van der Waals surface area contributed by atoms with Gasteiger partial charge in [0.1, 0.15) is 0 Å². The first-order chi connectivity index (χ1) is 11.8. The van der Waals surface area contributed by atoms with E-state index in [4.69, 9.17) is 0 Å². The summed E-state index contributed by atoms with van der Waals surface area (Å²) in [6, 6.07) is 0. The highest BCUT2D eigenvalue weighted by Crippen LogP contribution is 2.43. The highest BCUT2D eigenvalue weighted by Gasteiger charge is 2.31. The Bertz CT molecular complexity index is 286. The molecule has 0 bridgehead atoms. The van der Waals surface area contributed by atoms with Crippen molar-refractivity contribution in [3.05, 3.63) is 0 Å². The summed E-state index contributed by atoms with van der Waals surface area (Å²) in [7, 11) is 0. The zero-order valence-electron chi connectivity index (χ0n) is 17.0. The van der Waals surface area contributed by atoms with Gasteiger partial charge in [-0.25, -0.2) is 0 Å². The van der Waals surface area contributed by atoms with Crippen LogP contribution >= 0.6 is 0 Å². The summed E-state index contributed by atoms with van der Waals surface area (Å²) in [5.41, 5.74) is 0. The Kier molecular flexibility index (Phi) is 10.5. The van der Waals surface area contributed by atoms with Crippen molar-refractivity contribution in [3.8, 4) is 0 Å². The Morgan fingerprint density at radius 2 is 1.17 bits per heavy atom. The van der Waals surface area contributed by atoms with Crippen LogP contribution in [0.5, 0.6) is 0 Å². The van der Waals surface area contributed by atoms with Crippen LogP contribution in [0.3, 0.4) is 0 Å². The van der Waals surface area contributed by atoms with E-state index in [1.807, 2.05) is 0 Å². The van der Waals surface area contributed by atoms with Crippen LogP contribution in [0.25, 0.3) is 0 Å².